The van der Waals surface area contributed by atoms with Gasteiger partial charge in [-0.3, -0.25) is 0 Å². The third-order valence-electron chi connectivity index (χ3n) is 6.82. The summed E-state index contributed by atoms with van der Waals surface area (Å²) in [6, 6.07) is 10.8. The summed E-state index contributed by atoms with van der Waals surface area (Å²) in [7, 11) is -3.87. The molecule has 168 valence electrons. The van der Waals surface area contributed by atoms with Crippen LogP contribution in [0, 0.1) is 0 Å². The van der Waals surface area contributed by atoms with E-state index in [0.717, 1.165) is 61.6 Å². The summed E-state index contributed by atoms with van der Waals surface area (Å²) in [4.78, 5) is 12.0. The van der Waals surface area contributed by atoms with E-state index < -0.39 is 21.8 Å². The topological polar surface area (TPSA) is 105 Å². The van der Waals surface area contributed by atoms with Crippen molar-refractivity contribution in [1.29, 1.82) is 0 Å². The summed E-state index contributed by atoms with van der Waals surface area (Å²) in [6.07, 6.45) is 6.76. The first kappa shape index (κ1) is 21.2. The molecule has 0 saturated heterocycles. The Morgan fingerprint density at radius 3 is 2.44 bits per heavy atom. The smallest absolute Gasteiger partial charge is 0.391 e. The predicted octanol–water partition coefficient (Wildman–Crippen LogP) is 3.55. The zero-order valence-electron chi connectivity index (χ0n) is 18.1. The van der Waals surface area contributed by atoms with Crippen molar-refractivity contribution < 1.29 is 12.8 Å². The van der Waals surface area contributed by atoms with Gasteiger partial charge in [0.2, 0.25) is 15.9 Å². The number of H-pyrrole nitrogens is 1. The molecule has 32 heavy (non-hydrogen) atoms. The largest absolute Gasteiger partial charge is 0.434 e. The van der Waals surface area contributed by atoms with Crippen molar-refractivity contribution in [1.82, 2.24) is 14.9 Å². The molecule has 0 amide bonds. The van der Waals surface area contributed by atoms with E-state index in [9.17, 15) is 13.2 Å². The Hall–Kier alpha value is -2.71. The third-order valence-corrected chi connectivity index (χ3v) is 8.34. The maximum Gasteiger partial charge on any atom is 0.434 e. The minimum Gasteiger partial charge on any atom is -0.391 e. The van der Waals surface area contributed by atoms with E-state index in [-0.39, 0.29) is 11.8 Å². The van der Waals surface area contributed by atoms with Crippen LogP contribution in [0.5, 0.6) is 0 Å². The molecule has 2 aliphatic carbocycles. The van der Waals surface area contributed by atoms with Crippen molar-refractivity contribution >= 4 is 10.0 Å². The van der Waals surface area contributed by atoms with E-state index in [0.29, 0.717) is 4.90 Å². The van der Waals surface area contributed by atoms with Gasteiger partial charge in [0, 0.05) is 5.92 Å². The number of nitrogens with one attached hydrogen (secondary N) is 2. The van der Waals surface area contributed by atoms with Gasteiger partial charge in [-0.05, 0) is 78.8 Å². The second-order valence-corrected chi connectivity index (χ2v) is 10.5. The average molecular weight is 454 g/mol. The van der Waals surface area contributed by atoms with Crippen LogP contribution in [-0.2, 0) is 35.7 Å². The monoisotopic (exact) mass is 453 g/mol. The van der Waals surface area contributed by atoms with E-state index in [2.05, 4.69) is 21.0 Å². The highest BCUT2D eigenvalue weighted by atomic mass is 32.2. The van der Waals surface area contributed by atoms with E-state index in [1.165, 1.54) is 11.1 Å². The van der Waals surface area contributed by atoms with E-state index in [1.807, 2.05) is 25.1 Å². The van der Waals surface area contributed by atoms with Crippen molar-refractivity contribution in [3.8, 4) is 0 Å². The fourth-order valence-electron chi connectivity index (χ4n) is 5.22. The van der Waals surface area contributed by atoms with E-state index in [1.54, 1.807) is 12.1 Å². The molecule has 2 aromatic carbocycles. The van der Waals surface area contributed by atoms with Crippen LogP contribution < -0.4 is 10.5 Å². The van der Waals surface area contributed by atoms with Crippen molar-refractivity contribution in [2.24, 2.45) is 0 Å². The van der Waals surface area contributed by atoms with Gasteiger partial charge in [-0.15, -0.1) is 5.10 Å². The number of hydrogen-bond donors (Lipinski definition) is 2. The quantitative estimate of drug-likeness (QED) is 0.594. The minimum absolute atomic E-state index is 0.0477. The number of fused-ring (bicyclic) bond motifs is 2. The Kier molecular flexibility index (Phi) is 5.51. The van der Waals surface area contributed by atoms with Gasteiger partial charge in [-0.2, -0.15) is 4.72 Å². The second-order valence-electron chi connectivity index (χ2n) is 8.78. The molecule has 2 N–H and O–H groups in total. The molecule has 1 heterocycles. The molecule has 5 rings (SSSR count). The molecule has 0 unspecified atom stereocenters. The highest BCUT2D eigenvalue weighted by Crippen LogP contribution is 2.37. The molecule has 3 aromatic rings. The summed E-state index contributed by atoms with van der Waals surface area (Å²) < 4.78 is 35.3. The van der Waals surface area contributed by atoms with Gasteiger partial charge in [0.25, 0.3) is 0 Å². The minimum atomic E-state index is -3.87. The lowest BCUT2D eigenvalue weighted by Crippen LogP contribution is -2.33. The van der Waals surface area contributed by atoms with Gasteiger partial charge in [-0.25, -0.2) is 18.3 Å². The molecule has 2 aliphatic rings. The van der Waals surface area contributed by atoms with Crippen LogP contribution in [0.25, 0.3) is 0 Å². The number of aryl methyl sites for hydroxylation is 2. The lowest BCUT2D eigenvalue weighted by atomic mass is 9.88. The first-order valence-electron chi connectivity index (χ1n) is 11.2. The van der Waals surface area contributed by atoms with Crippen molar-refractivity contribution in [2.75, 3.05) is 0 Å². The Bertz CT molecular complexity index is 1310. The first-order valence-corrected chi connectivity index (χ1v) is 12.7. The van der Waals surface area contributed by atoms with Gasteiger partial charge in [0.05, 0.1) is 4.90 Å². The van der Waals surface area contributed by atoms with Crippen molar-refractivity contribution in [3.05, 3.63) is 80.7 Å². The molecule has 0 spiro atoms. The normalized spacial score (nSPS) is 17.5. The fourth-order valence-corrected chi connectivity index (χ4v) is 6.81. The fraction of sp³-hybridized carbons (Fsp3) is 0.417. The molecule has 0 fully saturated rings. The number of rotatable bonds is 6. The summed E-state index contributed by atoms with van der Waals surface area (Å²) >= 11 is 0. The van der Waals surface area contributed by atoms with Crippen LogP contribution in [0.15, 0.2) is 50.5 Å². The number of aromatic amines is 1. The first-order chi connectivity index (χ1) is 15.4. The molecule has 1 aromatic heterocycles. The van der Waals surface area contributed by atoms with Gasteiger partial charge >= 0.3 is 5.76 Å². The maximum absolute atomic E-state index is 13.6. The lowest BCUT2D eigenvalue weighted by molar-refractivity contribution is 0.381. The Morgan fingerprint density at radius 2 is 1.66 bits per heavy atom. The van der Waals surface area contributed by atoms with Crippen LogP contribution in [-0.4, -0.2) is 18.6 Å². The van der Waals surface area contributed by atoms with Crippen molar-refractivity contribution in [3.63, 3.8) is 0 Å². The zero-order valence-corrected chi connectivity index (χ0v) is 18.9. The van der Waals surface area contributed by atoms with Crippen LogP contribution in [0.3, 0.4) is 0 Å². The standard InChI is InChI=1S/C24H27N3O4S/c1-15(18-12-4-8-16-9-5-13-19(16)18)22(23-25-26-24(28)31-23)27-32(29,30)21-14-6-10-17-7-2-3-11-20(17)21/h4,6,8,10,12,14-15,22,27H,2-3,5,7,9,11,13H2,1H3,(H,26,28)/t15-,22+/m1/s1. The van der Waals surface area contributed by atoms with E-state index >= 15 is 0 Å². The second kappa shape index (κ2) is 8.33. The predicted molar refractivity (Wildman–Crippen MR) is 120 cm³/mol. The van der Waals surface area contributed by atoms with Gasteiger partial charge in [-0.1, -0.05) is 37.3 Å². The molecule has 8 heteroatoms. The Labute approximate surface area is 187 Å². The Balaban J connectivity index is 1.56. The molecule has 7 nitrogen and oxygen atoms in total. The zero-order chi connectivity index (χ0) is 22.3. The Morgan fingerprint density at radius 1 is 0.969 bits per heavy atom. The van der Waals surface area contributed by atoms with Crippen LogP contribution >= 0.6 is 0 Å². The number of hydrogen-bond acceptors (Lipinski definition) is 5. The number of nitrogens with zero attached hydrogens (tertiary/aromatic N) is 1. The molecular formula is C24H27N3O4S. The molecule has 0 saturated carbocycles. The lowest BCUT2D eigenvalue weighted by Gasteiger charge is -2.26. The summed E-state index contributed by atoms with van der Waals surface area (Å²) in [5, 5.41) is 6.27. The molecule has 0 radical (unpaired) electrons. The highest BCUT2D eigenvalue weighted by molar-refractivity contribution is 7.89. The molecular weight excluding hydrogens is 426 g/mol. The molecule has 0 bridgehead atoms. The van der Waals surface area contributed by atoms with Gasteiger partial charge < -0.3 is 4.42 Å². The SMILES string of the molecule is C[C@H](c1cccc2c1CCC2)[C@H](NS(=O)(=O)c1cccc2c1CCCC2)c1n[nH]c(=O)o1. The number of benzene rings is 2. The van der Waals surface area contributed by atoms with E-state index in [4.69, 9.17) is 4.42 Å². The average Bonchev–Trinajstić information content (AvgIpc) is 3.45. The highest BCUT2D eigenvalue weighted by Gasteiger charge is 2.34. The third kappa shape index (κ3) is 3.82. The van der Waals surface area contributed by atoms with Crippen molar-refractivity contribution in [2.45, 2.75) is 68.7 Å². The molecule has 0 aliphatic heterocycles. The maximum atomic E-state index is 13.6. The summed E-state index contributed by atoms with van der Waals surface area (Å²) in [5.41, 5.74) is 5.61. The van der Waals surface area contributed by atoms with Crippen LogP contribution in [0.2, 0.25) is 0 Å². The number of aromatic nitrogens is 2. The summed E-state index contributed by atoms with van der Waals surface area (Å²) in [6.45, 7) is 1.95. The molecule has 2 atom stereocenters. The van der Waals surface area contributed by atoms with Crippen LogP contribution in [0.1, 0.15) is 71.9 Å². The number of sulfonamides is 1. The van der Waals surface area contributed by atoms with Gasteiger partial charge in [0.1, 0.15) is 6.04 Å². The van der Waals surface area contributed by atoms with Crippen LogP contribution in [0.4, 0.5) is 0 Å². The van der Waals surface area contributed by atoms with Gasteiger partial charge in [0.15, 0.2) is 0 Å². The summed E-state index contributed by atoms with van der Waals surface area (Å²) in [5.74, 6) is -0.929.